The van der Waals surface area contributed by atoms with Crippen molar-refractivity contribution >= 4 is 23.1 Å². The summed E-state index contributed by atoms with van der Waals surface area (Å²) in [5.41, 5.74) is 3.61. The van der Waals surface area contributed by atoms with Gasteiger partial charge in [0.1, 0.15) is 5.69 Å². The average Bonchev–Trinajstić information content (AvgIpc) is 2.90. The molecule has 2 saturated heterocycles. The van der Waals surface area contributed by atoms with E-state index in [9.17, 15) is 5.11 Å². The van der Waals surface area contributed by atoms with E-state index in [-0.39, 0.29) is 6.10 Å². The molecule has 0 radical (unpaired) electrons. The zero-order valence-corrected chi connectivity index (χ0v) is 19.4. The zero-order valence-electron chi connectivity index (χ0n) is 19.4. The van der Waals surface area contributed by atoms with Gasteiger partial charge in [0.05, 0.1) is 38.3 Å². The first-order valence-electron chi connectivity index (χ1n) is 11.7. The lowest BCUT2D eigenvalue weighted by Crippen LogP contribution is -2.37. The van der Waals surface area contributed by atoms with E-state index in [4.69, 9.17) is 19.4 Å². The van der Waals surface area contributed by atoms with E-state index < -0.39 is 0 Å². The number of piperidine rings is 1. The number of nitrogens with zero attached hydrogens (tertiary/aromatic N) is 5. The Kier molecular flexibility index (Phi) is 6.73. The first-order valence-corrected chi connectivity index (χ1v) is 11.7. The van der Waals surface area contributed by atoms with Crippen LogP contribution in [0.2, 0.25) is 0 Å². The van der Waals surface area contributed by atoms with E-state index in [1.54, 1.807) is 19.5 Å². The summed E-state index contributed by atoms with van der Waals surface area (Å²) in [6.07, 6.45) is 4.83. The maximum absolute atomic E-state index is 9.90. The molecule has 1 aromatic carbocycles. The summed E-state index contributed by atoms with van der Waals surface area (Å²) in [7, 11) is 1.64. The van der Waals surface area contributed by atoms with Crippen LogP contribution in [-0.4, -0.2) is 72.7 Å². The van der Waals surface area contributed by atoms with Crippen LogP contribution in [0.4, 0.5) is 23.1 Å². The second kappa shape index (κ2) is 10.2. The van der Waals surface area contributed by atoms with Crippen molar-refractivity contribution in [2.24, 2.45) is 0 Å². The van der Waals surface area contributed by atoms with Gasteiger partial charge in [-0.3, -0.25) is 4.98 Å². The number of pyridine rings is 1. The van der Waals surface area contributed by atoms with Crippen molar-refractivity contribution < 1.29 is 14.6 Å². The summed E-state index contributed by atoms with van der Waals surface area (Å²) in [6.45, 7) is 4.41. The topological polar surface area (TPSA) is 95.9 Å². The fourth-order valence-corrected chi connectivity index (χ4v) is 4.36. The van der Waals surface area contributed by atoms with Crippen LogP contribution in [0.3, 0.4) is 0 Å². The number of morpholine rings is 1. The third-order valence-electron chi connectivity index (χ3n) is 6.23. The van der Waals surface area contributed by atoms with Crippen LogP contribution < -0.4 is 19.9 Å². The molecule has 0 spiro atoms. The number of nitrogens with one attached hydrogen (secondary N) is 1. The quantitative estimate of drug-likeness (QED) is 0.573. The Morgan fingerprint density at radius 3 is 2.59 bits per heavy atom. The SMILES string of the molecule is COc1c(Nc2cccnc2)nc(N2CCOCC2)nc1-c1cccc(N2CCC(O)CC2)c1. The number of benzene rings is 1. The summed E-state index contributed by atoms with van der Waals surface area (Å²) in [5.74, 6) is 1.80. The number of hydrogen-bond donors (Lipinski definition) is 2. The van der Waals surface area contributed by atoms with Gasteiger partial charge in [0.15, 0.2) is 11.6 Å². The van der Waals surface area contributed by atoms with Gasteiger partial charge in [0.2, 0.25) is 5.95 Å². The molecule has 3 aromatic rings. The molecule has 9 heteroatoms. The molecule has 0 unspecified atom stereocenters. The van der Waals surface area contributed by atoms with E-state index in [1.165, 1.54) is 0 Å². The van der Waals surface area contributed by atoms with Crippen molar-refractivity contribution in [2.75, 3.05) is 61.6 Å². The molecule has 4 heterocycles. The minimum atomic E-state index is -0.210. The number of aromatic nitrogens is 3. The largest absolute Gasteiger partial charge is 0.491 e. The lowest BCUT2D eigenvalue weighted by Gasteiger charge is -2.31. The number of anilines is 4. The fourth-order valence-electron chi connectivity index (χ4n) is 4.36. The Labute approximate surface area is 199 Å². The minimum absolute atomic E-state index is 0.210. The van der Waals surface area contributed by atoms with Crippen molar-refractivity contribution in [3.05, 3.63) is 48.8 Å². The molecule has 0 atom stereocenters. The Bertz CT molecular complexity index is 1100. The lowest BCUT2D eigenvalue weighted by molar-refractivity contribution is 0.122. The Balaban J connectivity index is 1.56. The predicted octanol–water partition coefficient (Wildman–Crippen LogP) is 3.09. The molecule has 0 bridgehead atoms. The number of ether oxygens (including phenoxy) is 2. The number of hydrogen-bond acceptors (Lipinski definition) is 9. The van der Waals surface area contributed by atoms with E-state index in [0.717, 1.165) is 61.7 Å². The Hall–Kier alpha value is -3.43. The van der Waals surface area contributed by atoms with Crippen LogP contribution in [0.5, 0.6) is 5.75 Å². The summed E-state index contributed by atoms with van der Waals surface area (Å²) in [6, 6.07) is 12.1. The van der Waals surface area contributed by atoms with Gasteiger partial charge in [0, 0.05) is 43.6 Å². The molecule has 2 aliphatic rings. The van der Waals surface area contributed by atoms with E-state index in [0.29, 0.717) is 30.7 Å². The standard InChI is InChI=1S/C25H30N6O3/c1-33-23-22(18-4-2-6-20(16-18)30-10-7-21(32)8-11-30)28-25(31-12-14-34-15-13-31)29-24(23)27-19-5-3-9-26-17-19/h2-6,9,16-17,21,32H,7-8,10-15H2,1H3,(H,27,28,29). The van der Waals surface area contributed by atoms with Crippen LogP contribution in [-0.2, 0) is 4.74 Å². The van der Waals surface area contributed by atoms with Gasteiger partial charge < -0.3 is 29.7 Å². The van der Waals surface area contributed by atoms with Crippen LogP contribution in [0.1, 0.15) is 12.8 Å². The van der Waals surface area contributed by atoms with Crippen LogP contribution in [0, 0.1) is 0 Å². The average molecular weight is 463 g/mol. The van der Waals surface area contributed by atoms with Gasteiger partial charge in [-0.2, -0.15) is 4.98 Å². The molecular weight excluding hydrogens is 432 g/mol. The summed E-state index contributed by atoms with van der Waals surface area (Å²) in [5, 5.41) is 13.3. The van der Waals surface area contributed by atoms with Gasteiger partial charge in [0.25, 0.3) is 0 Å². The van der Waals surface area contributed by atoms with Crippen molar-refractivity contribution in [1.82, 2.24) is 15.0 Å². The monoisotopic (exact) mass is 462 g/mol. The fraction of sp³-hybridized carbons (Fsp3) is 0.400. The molecule has 34 heavy (non-hydrogen) atoms. The summed E-state index contributed by atoms with van der Waals surface area (Å²) >= 11 is 0. The minimum Gasteiger partial charge on any atom is -0.491 e. The Morgan fingerprint density at radius 1 is 1.03 bits per heavy atom. The zero-order chi connectivity index (χ0) is 23.3. The highest BCUT2D eigenvalue weighted by Crippen LogP contribution is 2.38. The summed E-state index contributed by atoms with van der Waals surface area (Å²) < 4.78 is 11.4. The third kappa shape index (κ3) is 4.90. The molecule has 0 aliphatic carbocycles. The van der Waals surface area contributed by atoms with E-state index >= 15 is 0 Å². The summed E-state index contributed by atoms with van der Waals surface area (Å²) in [4.78, 5) is 18.4. The second-order valence-corrected chi connectivity index (χ2v) is 8.49. The number of methoxy groups -OCH3 is 1. The molecule has 0 saturated carbocycles. The van der Waals surface area contributed by atoms with Gasteiger partial charge >= 0.3 is 0 Å². The molecule has 5 rings (SSSR count). The molecule has 2 aliphatic heterocycles. The van der Waals surface area contributed by atoms with Gasteiger partial charge in [-0.15, -0.1) is 0 Å². The van der Waals surface area contributed by atoms with Crippen molar-refractivity contribution in [3.8, 4) is 17.0 Å². The molecule has 2 fully saturated rings. The van der Waals surface area contributed by atoms with Crippen LogP contribution >= 0.6 is 0 Å². The molecule has 2 N–H and O–H groups in total. The van der Waals surface area contributed by atoms with Gasteiger partial charge in [-0.05, 0) is 37.1 Å². The molecular formula is C25H30N6O3. The molecule has 0 amide bonds. The highest BCUT2D eigenvalue weighted by Gasteiger charge is 2.23. The van der Waals surface area contributed by atoms with Crippen molar-refractivity contribution in [1.29, 1.82) is 0 Å². The third-order valence-corrected chi connectivity index (χ3v) is 6.23. The molecule has 9 nitrogen and oxygen atoms in total. The number of aliphatic hydroxyl groups excluding tert-OH is 1. The van der Waals surface area contributed by atoms with Crippen molar-refractivity contribution in [2.45, 2.75) is 18.9 Å². The van der Waals surface area contributed by atoms with Crippen LogP contribution in [0.25, 0.3) is 11.3 Å². The second-order valence-electron chi connectivity index (χ2n) is 8.49. The lowest BCUT2D eigenvalue weighted by atomic mass is 10.1. The maximum atomic E-state index is 9.90. The number of rotatable bonds is 6. The Morgan fingerprint density at radius 2 is 1.85 bits per heavy atom. The predicted molar refractivity (Wildman–Crippen MR) is 132 cm³/mol. The van der Waals surface area contributed by atoms with Gasteiger partial charge in [-0.1, -0.05) is 12.1 Å². The van der Waals surface area contributed by atoms with E-state index in [1.807, 2.05) is 24.3 Å². The van der Waals surface area contributed by atoms with Crippen LogP contribution in [0.15, 0.2) is 48.8 Å². The highest BCUT2D eigenvalue weighted by atomic mass is 16.5. The first kappa shape index (κ1) is 22.4. The van der Waals surface area contributed by atoms with Gasteiger partial charge in [-0.25, -0.2) is 4.98 Å². The molecule has 2 aromatic heterocycles. The normalized spacial score (nSPS) is 17.0. The van der Waals surface area contributed by atoms with Crippen molar-refractivity contribution in [3.63, 3.8) is 0 Å². The first-order chi connectivity index (χ1) is 16.7. The highest BCUT2D eigenvalue weighted by molar-refractivity contribution is 5.78. The van der Waals surface area contributed by atoms with E-state index in [2.05, 4.69) is 32.2 Å². The molecule has 178 valence electrons. The smallest absolute Gasteiger partial charge is 0.228 e. The maximum Gasteiger partial charge on any atom is 0.228 e. The number of aliphatic hydroxyl groups is 1.